The highest BCUT2D eigenvalue weighted by molar-refractivity contribution is 6.22. The fraction of sp³-hybridized carbons (Fsp3) is 0.450. The van der Waals surface area contributed by atoms with Gasteiger partial charge in [0.05, 0.1) is 48.5 Å². The lowest BCUT2D eigenvalue weighted by Gasteiger charge is -2.34. The van der Waals surface area contributed by atoms with Gasteiger partial charge in [-0.3, -0.25) is 14.4 Å². The van der Waals surface area contributed by atoms with Crippen molar-refractivity contribution < 1.29 is 37.1 Å². The van der Waals surface area contributed by atoms with E-state index in [0.29, 0.717) is 17.4 Å². The normalized spacial score (nSPS) is 24.1. The Hall–Kier alpha value is -3.62. The Morgan fingerprint density at radius 2 is 1.97 bits per heavy atom. The zero-order valence-corrected chi connectivity index (χ0v) is 16.8. The molecule has 4 rings (SSSR count). The minimum absolute atomic E-state index is 0.112. The summed E-state index contributed by atoms with van der Waals surface area (Å²) in [4.78, 5) is 53.3. The Labute approximate surface area is 179 Å². The Morgan fingerprint density at radius 1 is 1.25 bits per heavy atom. The van der Waals surface area contributed by atoms with Crippen molar-refractivity contribution in [2.24, 2.45) is 0 Å². The summed E-state index contributed by atoms with van der Waals surface area (Å²) in [5, 5.41) is 8.95. The number of esters is 1. The second-order valence-electron chi connectivity index (χ2n) is 7.73. The van der Waals surface area contributed by atoms with Gasteiger partial charge in [0.1, 0.15) is 6.04 Å². The fourth-order valence-corrected chi connectivity index (χ4v) is 4.64. The van der Waals surface area contributed by atoms with E-state index < -0.39 is 53.3 Å². The van der Waals surface area contributed by atoms with Gasteiger partial charge in [-0.1, -0.05) is 0 Å². The molecule has 3 unspecified atom stereocenters. The first kappa shape index (κ1) is 21.6. The molecule has 32 heavy (non-hydrogen) atoms. The molecule has 1 aromatic carbocycles. The van der Waals surface area contributed by atoms with Crippen molar-refractivity contribution in [2.75, 3.05) is 18.6 Å². The van der Waals surface area contributed by atoms with Crippen molar-refractivity contribution in [1.82, 2.24) is 9.80 Å². The fourth-order valence-electron chi connectivity index (χ4n) is 4.64. The van der Waals surface area contributed by atoms with Gasteiger partial charge in [-0.05, 0) is 24.6 Å². The Balaban J connectivity index is 1.59. The van der Waals surface area contributed by atoms with Crippen molar-refractivity contribution in [3.8, 4) is 6.07 Å². The number of piperazine rings is 1. The predicted molar refractivity (Wildman–Crippen MR) is 99.8 cm³/mol. The third kappa shape index (κ3) is 3.24. The van der Waals surface area contributed by atoms with Crippen LogP contribution in [0, 0.1) is 11.3 Å². The molecular formula is C20H17F3N4O5. The average molecular weight is 450 g/mol. The van der Waals surface area contributed by atoms with Gasteiger partial charge in [-0.2, -0.15) is 18.4 Å². The van der Waals surface area contributed by atoms with Crippen LogP contribution in [-0.4, -0.2) is 65.4 Å². The molecule has 0 saturated carbocycles. The summed E-state index contributed by atoms with van der Waals surface area (Å²) in [6, 6.07) is 1.26. The minimum Gasteiger partial charge on any atom is -0.469 e. The zero-order valence-electron chi connectivity index (χ0n) is 16.8. The van der Waals surface area contributed by atoms with Gasteiger partial charge in [0.2, 0.25) is 5.91 Å². The quantitative estimate of drug-likeness (QED) is 0.510. The number of hydrogen-bond donors (Lipinski definition) is 0. The van der Waals surface area contributed by atoms with Crippen molar-refractivity contribution in [1.29, 1.82) is 5.26 Å². The standard InChI is InChI=1S/C20H17F3N4O5/c1-32-16(29)5-4-15(28)25-9-12-7-14(25)17-18(30)27(19(31)26(12)17)11-3-2-10(8-24)13(6-11)20(21,22)23/h2-3,6,12,14,17H,4-5,7,9H2,1H3. The number of alkyl halides is 3. The average Bonchev–Trinajstić information content (AvgIpc) is 3.42. The molecule has 3 atom stereocenters. The number of methoxy groups -OCH3 is 1. The van der Waals surface area contributed by atoms with E-state index in [-0.39, 0.29) is 31.0 Å². The van der Waals surface area contributed by atoms with E-state index >= 15 is 0 Å². The number of fused-ring (bicyclic) bond motifs is 5. The van der Waals surface area contributed by atoms with E-state index in [1.807, 2.05) is 0 Å². The highest BCUT2D eigenvalue weighted by Gasteiger charge is 2.62. The van der Waals surface area contributed by atoms with Crippen molar-refractivity contribution in [3.63, 3.8) is 0 Å². The summed E-state index contributed by atoms with van der Waals surface area (Å²) in [5.41, 5.74) is -2.15. The Bertz CT molecular complexity index is 1070. The maximum atomic E-state index is 13.3. The SMILES string of the molecule is COC(=O)CCC(=O)N1CC2CC1C1C(=O)N(c3ccc(C#N)c(C(F)(F)F)c3)C(=O)N21. The van der Waals surface area contributed by atoms with Crippen LogP contribution in [0.4, 0.5) is 23.7 Å². The van der Waals surface area contributed by atoms with E-state index in [2.05, 4.69) is 4.74 Å². The van der Waals surface area contributed by atoms with Crippen LogP contribution < -0.4 is 4.90 Å². The number of nitrogens with zero attached hydrogens (tertiary/aromatic N) is 4. The van der Waals surface area contributed by atoms with Gasteiger partial charge >= 0.3 is 18.2 Å². The summed E-state index contributed by atoms with van der Waals surface area (Å²) in [6.45, 7) is 0.176. The molecule has 0 N–H and O–H groups in total. The lowest BCUT2D eigenvalue weighted by atomic mass is 10.1. The predicted octanol–water partition coefficient (Wildman–Crippen LogP) is 1.65. The van der Waals surface area contributed by atoms with Crippen LogP contribution in [0.2, 0.25) is 0 Å². The van der Waals surface area contributed by atoms with E-state index in [4.69, 9.17) is 5.26 Å². The number of ether oxygens (including phenoxy) is 1. The van der Waals surface area contributed by atoms with Crippen LogP contribution >= 0.6 is 0 Å². The number of carbonyl (C=O) groups excluding carboxylic acids is 4. The second kappa shape index (κ2) is 7.51. The summed E-state index contributed by atoms with van der Waals surface area (Å²) in [5.74, 6) is -1.64. The first-order chi connectivity index (χ1) is 15.1. The van der Waals surface area contributed by atoms with E-state index in [0.717, 1.165) is 12.1 Å². The Kier molecular flexibility index (Phi) is 5.07. The number of likely N-dealkylation sites (tertiary alicyclic amines) is 1. The van der Waals surface area contributed by atoms with Crippen LogP contribution in [0.15, 0.2) is 18.2 Å². The van der Waals surface area contributed by atoms with E-state index in [1.54, 1.807) is 0 Å². The van der Waals surface area contributed by atoms with E-state index in [9.17, 15) is 32.3 Å². The van der Waals surface area contributed by atoms with Gasteiger partial charge in [-0.15, -0.1) is 0 Å². The largest absolute Gasteiger partial charge is 0.469 e. The van der Waals surface area contributed by atoms with Crippen molar-refractivity contribution >= 4 is 29.5 Å². The molecule has 0 radical (unpaired) electrons. The lowest BCUT2D eigenvalue weighted by Crippen LogP contribution is -2.54. The summed E-state index contributed by atoms with van der Waals surface area (Å²) in [6.07, 6.45) is -4.70. The molecule has 2 bridgehead atoms. The van der Waals surface area contributed by atoms with Crippen molar-refractivity contribution in [2.45, 2.75) is 43.6 Å². The van der Waals surface area contributed by atoms with Gasteiger partial charge in [0.15, 0.2) is 0 Å². The van der Waals surface area contributed by atoms with Crippen LogP contribution in [0.25, 0.3) is 0 Å². The van der Waals surface area contributed by atoms with Gasteiger partial charge in [0.25, 0.3) is 5.91 Å². The van der Waals surface area contributed by atoms with Crippen LogP contribution in [0.5, 0.6) is 0 Å². The number of halogens is 3. The van der Waals surface area contributed by atoms with Gasteiger partial charge in [0, 0.05) is 13.0 Å². The number of benzene rings is 1. The number of imide groups is 1. The molecule has 3 aliphatic rings. The summed E-state index contributed by atoms with van der Waals surface area (Å²) >= 11 is 0. The molecule has 1 aromatic rings. The number of anilines is 1. The first-order valence-electron chi connectivity index (χ1n) is 9.72. The maximum Gasteiger partial charge on any atom is 0.417 e. The molecule has 12 heteroatoms. The molecule has 3 saturated heterocycles. The number of rotatable bonds is 4. The summed E-state index contributed by atoms with van der Waals surface area (Å²) < 4.78 is 44.5. The lowest BCUT2D eigenvalue weighted by molar-refractivity contribution is -0.144. The molecule has 3 heterocycles. The molecule has 3 aliphatic heterocycles. The highest BCUT2D eigenvalue weighted by atomic mass is 19.4. The maximum absolute atomic E-state index is 13.3. The van der Waals surface area contributed by atoms with Gasteiger partial charge < -0.3 is 14.5 Å². The molecule has 168 valence electrons. The topological polar surface area (TPSA) is 111 Å². The summed E-state index contributed by atoms with van der Waals surface area (Å²) in [7, 11) is 1.20. The second-order valence-corrected chi connectivity index (χ2v) is 7.73. The molecule has 0 aliphatic carbocycles. The van der Waals surface area contributed by atoms with Crippen LogP contribution in [0.1, 0.15) is 30.4 Å². The number of carbonyl (C=O) groups is 4. The number of amides is 4. The molecule has 3 fully saturated rings. The molecule has 0 spiro atoms. The number of urea groups is 1. The minimum atomic E-state index is -4.84. The van der Waals surface area contributed by atoms with E-state index in [1.165, 1.54) is 23.0 Å². The third-order valence-corrected chi connectivity index (χ3v) is 6.04. The molecular weight excluding hydrogens is 433 g/mol. The number of nitriles is 1. The number of hydrogen-bond acceptors (Lipinski definition) is 6. The first-order valence-corrected chi connectivity index (χ1v) is 9.72. The molecule has 4 amide bonds. The smallest absolute Gasteiger partial charge is 0.417 e. The van der Waals surface area contributed by atoms with Gasteiger partial charge in [-0.25, -0.2) is 9.69 Å². The monoisotopic (exact) mass is 450 g/mol. The molecule has 0 aromatic heterocycles. The Morgan fingerprint density at radius 3 is 2.59 bits per heavy atom. The highest BCUT2D eigenvalue weighted by Crippen LogP contribution is 2.43. The van der Waals surface area contributed by atoms with Crippen LogP contribution in [0.3, 0.4) is 0 Å². The van der Waals surface area contributed by atoms with Crippen LogP contribution in [-0.2, 0) is 25.3 Å². The molecule has 9 nitrogen and oxygen atoms in total. The zero-order chi connectivity index (χ0) is 23.4. The van der Waals surface area contributed by atoms with Crippen molar-refractivity contribution in [3.05, 3.63) is 29.3 Å². The third-order valence-electron chi connectivity index (χ3n) is 6.04.